The highest BCUT2D eigenvalue weighted by atomic mass is 79.9. The van der Waals surface area contributed by atoms with Crippen molar-refractivity contribution in [1.82, 2.24) is 9.71 Å². The molecule has 2 heterocycles. The standard InChI is InChI=1S/C11H10BrN3O2S3/c12-7-4-8(19-6-7)5-15-20(16,17)9-2-1-3-14-10(9)11(13)18/h1-4,6,15H,5H2,(H2,13,18). The van der Waals surface area contributed by atoms with E-state index < -0.39 is 10.0 Å². The van der Waals surface area contributed by atoms with Crippen LogP contribution in [0.3, 0.4) is 0 Å². The van der Waals surface area contributed by atoms with Crippen molar-refractivity contribution in [3.8, 4) is 0 Å². The summed E-state index contributed by atoms with van der Waals surface area (Å²) in [6, 6.07) is 4.80. The van der Waals surface area contributed by atoms with Gasteiger partial charge in [0.05, 0.1) is 0 Å². The zero-order valence-corrected chi connectivity index (χ0v) is 14.1. The van der Waals surface area contributed by atoms with Crippen molar-refractivity contribution in [2.75, 3.05) is 0 Å². The molecular weight excluding hydrogens is 382 g/mol. The van der Waals surface area contributed by atoms with Crippen molar-refractivity contribution in [3.63, 3.8) is 0 Å². The molecule has 0 bridgehead atoms. The summed E-state index contributed by atoms with van der Waals surface area (Å²) in [4.78, 5) is 4.74. The maximum atomic E-state index is 12.3. The first-order chi connectivity index (χ1) is 9.40. The van der Waals surface area contributed by atoms with Crippen LogP contribution in [0, 0.1) is 0 Å². The molecule has 2 aromatic heterocycles. The van der Waals surface area contributed by atoms with Gasteiger partial charge in [-0.15, -0.1) is 11.3 Å². The Morgan fingerprint density at radius 2 is 2.30 bits per heavy atom. The summed E-state index contributed by atoms with van der Waals surface area (Å²) < 4.78 is 28.0. The highest BCUT2D eigenvalue weighted by Gasteiger charge is 2.20. The van der Waals surface area contributed by atoms with Gasteiger partial charge >= 0.3 is 0 Å². The molecule has 0 aliphatic heterocycles. The Kier molecular flexibility index (Phi) is 4.86. The summed E-state index contributed by atoms with van der Waals surface area (Å²) in [6.07, 6.45) is 1.45. The fourth-order valence-electron chi connectivity index (χ4n) is 1.48. The molecule has 106 valence electrons. The quantitative estimate of drug-likeness (QED) is 0.761. The fourth-order valence-corrected chi connectivity index (χ4v) is 4.37. The molecular formula is C11H10BrN3O2S3. The van der Waals surface area contributed by atoms with Crippen LogP contribution in [0.4, 0.5) is 0 Å². The van der Waals surface area contributed by atoms with Gasteiger partial charge in [-0.05, 0) is 34.1 Å². The lowest BCUT2D eigenvalue weighted by molar-refractivity contribution is 0.581. The van der Waals surface area contributed by atoms with Gasteiger partial charge in [0, 0.05) is 27.5 Å². The van der Waals surface area contributed by atoms with Crippen LogP contribution in [-0.2, 0) is 16.6 Å². The van der Waals surface area contributed by atoms with Gasteiger partial charge in [0.1, 0.15) is 15.6 Å². The molecule has 0 atom stereocenters. The van der Waals surface area contributed by atoms with Gasteiger partial charge in [0.2, 0.25) is 10.0 Å². The fraction of sp³-hybridized carbons (Fsp3) is 0.0909. The molecule has 2 aromatic rings. The minimum Gasteiger partial charge on any atom is -0.388 e. The summed E-state index contributed by atoms with van der Waals surface area (Å²) in [5.74, 6) is 0. The Morgan fingerprint density at radius 3 is 2.90 bits per heavy atom. The number of thiophene rings is 1. The van der Waals surface area contributed by atoms with Crippen molar-refractivity contribution in [2.24, 2.45) is 5.73 Å². The molecule has 0 saturated carbocycles. The number of sulfonamides is 1. The van der Waals surface area contributed by atoms with Crippen LogP contribution < -0.4 is 10.5 Å². The zero-order valence-electron chi connectivity index (χ0n) is 10.0. The second-order valence-electron chi connectivity index (χ2n) is 3.77. The Bertz CT molecular complexity index is 743. The molecule has 0 aliphatic carbocycles. The van der Waals surface area contributed by atoms with Crippen molar-refractivity contribution >= 4 is 54.5 Å². The second-order valence-corrected chi connectivity index (χ2v) is 7.86. The normalized spacial score (nSPS) is 11.4. The van der Waals surface area contributed by atoms with Crippen LogP contribution in [0.25, 0.3) is 0 Å². The lowest BCUT2D eigenvalue weighted by Gasteiger charge is -2.09. The molecule has 0 fully saturated rings. The number of hydrogen-bond acceptors (Lipinski definition) is 5. The smallest absolute Gasteiger partial charge is 0.243 e. The highest BCUT2D eigenvalue weighted by Crippen LogP contribution is 2.20. The number of nitrogens with one attached hydrogen (secondary N) is 1. The average Bonchev–Trinajstić information content (AvgIpc) is 2.82. The van der Waals surface area contributed by atoms with E-state index in [0.717, 1.165) is 9.35 Å². The van der Waals surface area contributed by atoms with Gasteiger partial charge in [-0.1, -0.05) is 12.2 Å². The number of aromatic nitrogens is 1. The van der Waals surface area contributed by atoms with Gasteiger partial charge < -0.3 is 5.73 Å². The molecule has 0 amide bonds. The van der Waals surface area contributed by atoms with Crippen molar-refractivity contribution in [1.29, 1.82) is 0 Å². The second kappa shape index (κ2) is 6.27. The summed E-state index contributed by atoms with van der Waals surface area (Å²) in [5, 5.41) is 1.88. The minimum atomic E-state index is -3.71. The summed E-state index contributed by atoms with van der Waals surface area (Å²) >= 11 is 9.59. The molecule has 2 rings (SSSR count). The Labute approximate surface area is 134 Å². The Morgan fingerprint density at radius 1 is 1.55 bits per heavy atom. The molecule has 3 N–H and O–H groups in total. The van der Waals surface area contributed by atoms with Gasteiger partial charge in [-0.3, -0.25) is 4.98 Å². The topological polar surface area (TPSA) is 85.1 Å². The van der Waals surface area contributed by atoms with E-state index in [0.29, 0.717) is 0 Å². The number of hydrogen-bond donors (Lipinski definition) is 2. The van der Waals surface area contributed by atoms with Crippen LogP contribution in [0.2, 0.25) is 0 Å². The van der Waals surface area contributed by atoms with E-state index in [9.17, 15) is 8.42 Å². The minimum absolute atomic E-state index is 0.0110. The number of pyridine rings is 1. The van der Waals surface area contributed by atoms with E-state index in [2.05, 4.69) is 25.6 Å². The third kappa shape index (κ3) is 3.61. The number of nitrogens with two attached hydrogens (primary N) is 1. The zero-order chi connectivity index (χ0) is 14.8. The van der Waals surface area contributed by atoms with E-state index in [1.165, 1.54) is 29.7 Å². The van der Waals surface area contributed by atoms with Gasteiger partial charge in [-0.2, -0.15) is 0 Å². The average molecular weight is 392 g/mol. The Balaban J connectivity index is 2.25. The van der Waals surface area contributed by atoms with Gasteiger partial charge in [-0.25, -0.2) is 13.1 Å². The molecule has 0 unspecified atom stereocenters. The highest BCUT2D eigenvalue weighted by molar-refractivity contribution is 9.10. The number of rotatable bonds is 5. The summed E-state index contributed by atoms with van der Waals surface area (Å²) in [5.41, 5.74) is 5.59. The number of nitrogens with zero attached hydrogens (tertiary/aromatic N) is 1. The van der Waals surface area contributed by atoms with Crippen molar-refractivity contribution in [2.45, 2.75) is 11.4 Å². The van der Waals surface area contributed by atoms with Gasteiger partial charge in [0.15, 0.2) is 0 Å². The van der Waals surface area contributed by atoms with E-state index in [1.54, 1.807) is 0 Å². The van der Waals surface area contributed by atoms with Crippen molar-refractivity contribution in [3.05, 3.63) is 44.8 Å². The van der Waals surface area contributed by atoms with Gasteiger partial charge in [0.25, 0.3) is 0 Å². The molecule has 0 radical (unpaired) electrons. The van der Waals surface area contributed by atoms with Crippen LogP contribution in [-0.4, -0.2) is 18.4 Å². The number of thiocarbonyl (C=S) groups is 1. The first kappa shape index (κ1) is 15.5. The molecule has 0 saturated heterocycles. The SMILES string of the molecule is NC(=S)c1ncccc1S(=O)(=O)NCc1cc(Br)cs1. The van der Waals surface area contributed by atoms with Crippen molar-refractivity contribution < 1.29 is 8.42 Å². The third-order valence-corrected chi connectivity index (χ3v) is 5.68. The van der Waals surface area contributed by atoms with Crippen LogP contribution >= 0.6 is 39.5 Å². The third-order valence-electron chi connectivity index (χ3n) is 2.35. The number of halogens is 1. The lowest BCUT2D eigenvalue weighted by atomic mass is 10.3. The van der Waals surface area contributed by atoms with Crippen LogP contribution in [0.15, 0.2) is 39.1 Å². The monoisotopic (exact) mass is 391 g/mol. The van der Waals surface area contributed by atoms with E-state index in [1.807, 2.05) is 11.4 Å². The Hall–Kier alpha value is -0.870. The molecule has 5 nitrogen and oxygen atoms in total. The molecule has 20 heavy (non-hydrogen) atoms. The molecule has 0 spiro atoms. The predicted molar refractivity (Wildman–Crippen MR) is 86.2 cm³/mol. The first-order valence-corrected chi connectivity index (χ1v) is 8.94. The predicted octanol–water partition coefficient (Wildman–Crippen LogP) is 2.02. The maximum Gasteiger partial charge on any atom is 0.243 e. The van der Waals surface area contributed by atoms with E-state index in [-0.39, 0.29) is 22.1 Å². The summed E-state index contributed by atoms with van der Waals surface area (Å²) in [6.45, 7) is 0.199. The van der Waals surface area contributed by atoms with Crippen LogP contribution in [0.1, 0.15) is 10.6 Å². The largest absolute Gasteiger partial charge is 0.388 e. The maximum absolute atomic E-state index is 12.3. The molecule has 0 aromatic carbocycles. The molecule has 9 heteroatoms. The summed E-state index contributed by atoms with van der Waals surface area (Å²) in [7, 11) is -3.71. The van der Waals surface area contributed by atoms with Crippen LogP contribution in [0.5, 0.6) is 0 Å². The first-order valence-electron chi connectivity index (χ1n) is 5.37. The molecule has 0 aliphatic rings. The lowest BCUT2D eigenvalue weighted by Crippen LogP contribution is -2.26. The van der Waals surface area contributed by atoms with E-state index >= 15 is 0 Å². The van der Waals surface area contributed by atoms with E-state index in [4.69, 9.17) is 18.0 Å².